The second-order valence-corrected chi connectivity index (χ2v) is 9.47. The SMILES string of the molecule is CCCCCCCC/C=C\CCCCCCCC(=O)OC[C@H]1O[C@@H](n2cnc(N)nc2=O)[C@H](O)[C@@H]1O. The molecule has 1 aliphatic heterocycles. The zero-order chi connectivity index (χ0) is 26.2. The third kappa shape index (κ3) is 10.8. The Hall–Kier alpha value is -2.30. The van der Waals surface area contributed by atoms with Crippen LogP contribution in [-0.4, -0.2) is 55.6 Å². The lowest BCUT2D eigenvalue weighted by Crippen LogP contribution is -2.36. The number of esters is 1. The van der Waals surface area contributed by atoms with Gasteiger partial charge in [0.05, 0.1) is 0 Å². The van der Waals surface area contributed by atoms with Crippen molar-refractivity contribution in [2.24, 2.45) is 0 Å². The monoisotopic (exact) mass is 508 g/mol. The Kier molecular flexibility index (Phi) is 14.3. The van der Waals surface area contributed by atoms with E-state index in [0.717, 1.165) is 43.0 Å². The predicted molar refractivity (Wildman–Crippen MR) is 137 cm³/mol. The zero-order valence-corrected chi connectivity index (χ0v) is 21.6. The van der Waals surface area contributed by atoms with E-state index in [1.165, 1.54) is 51.4 Å². The van der Waals surface area contributed by atoms with E-state index in [4.69, 9.17) is 15.2 Å². The summed E-state index contributed by atoms with van der Waals surface area (Å²) in [5.41, 5.74) is 4.60. The topological polar surface area (TPSA) is 150 Å². The molecule has 4 N–H and O–H groups in total. The van der Waals surface area contributed by atoms with E-state index in [1.807, 2.05) is 0 Å². The molecular weight excluding hydrogens is 464 g/mol. The van der Waals surface area contributed by atoms with Crippen LogP contribution in [0.4, 0.5) is 5.95 Å². The van der Waals surface area contributed by atoms with Crippen molar-refractivity contribution in [3.63, 3.8) is 0 Å². The highest BCUT2D eigenvalue weighted by Gasteiger charge is 2.44. The molecule has 2 rings (SSSR count). The summed E-state index contributed by atoms with van der Waals surface area (Å²) in [6.07, 6.45) is 16.5. The van der Waals surface area contributed by atoms with Crippen LogP contribution in [-0.2, 0) is 14.3 Å². The predicted octanol–water partition coefficient (Wildman–Crippen LogP) is 3.42. The molecule has 1 aromatic rings. The second kappa shape index (κ2) is 17.2. The van der Waals surface area contributed by atoms with E-state index in [-0.39, 0.29) is 24.9 Å². The molecule has 1 saturated heterocycles. The number of carbonyl (C=O) groups excluding carboxylic acids is 1. The summed E-state index contributed by atoms with van der Waals surface area (Å²) in [4.78, 5) is 31.2. The van der Waals surface area contributed by atoms with Crippen molar-refractivity contribution >= 4 is 11.9 Å². The van der Waals surface area contributed by atoms with Crippen molar-refractivity contribution in [1.29, 1.82) is 0 Å². The van der Waals surface area contributed by atoms with Gasteiger partial charge in [-0.2, -0.15) is 4.98 Å². The molecule has 0 aliphatic carbocycles. The largest absolute Gasteiger partial charge is 0.463 e. The van der Waals surface area contributed by atoms with Crippen LogP contribution in [0, 0.1) is 0 Å². The number of nitrogens with zero attached hydrogens (tertiary/aromatic N) is 3. The first-order chi connectivity index (χ1) is 17.4. The van der Waals surface area contributed by atoms with Gasteiger partial charge in [0.25, 0.3) is 0 Å². The standard InChI is InChI=1S/C26H44N4O6/c1-2-3-4-5-6-7-8-9-10-11-12-13-14-15-16-17-21(31)35-18-20-22(32)23(33)24(36-20)30-19-28-25(27)29-26(30)34/h9-10,19-20,22-24,32-33H,2-8,11-18H2,1H3,(H2,27,29,34)/b10-9-/t20-,22-,23-,24-/m1/s1. The highest BCUT2D eigenvalue weighted by Crippen LogP contribution is 2.28. The van der Waals surface area contributed by atoms with E-state index < -0.39 is 30.2 Å². The molecule has 0 saturated carbocycles. The maximum Gasteiger partial charge on any atom is 0.354 e. The van der Waals surface area contributed by atoms with E-state index >= 15 is 0 Å². The van der Waals surface area contributed by atoms with Gasteiger partial charge in [-0.05, 0) is 32.1 Å². The van der Waals surface area contributed by atoms with Crippen molar-refractivity contribution in [2.45, 2.75) is 121 Å². The Morgan fingerprint density at radius 1 is 1.03 bits per heavy atom. The third-order valence-electron chi connectivity index (χ3n) is 6.41. The summed E-state index contributed by atoms with van der Waals surface area (Å²) in [6, 6.07) is 0. The molecular formula is C26H44N4O6. The van der Waals surface area contributed by atoms with Gasteiger partial charge < -0.3 is 25.4 Å². The lowest BCUT2D eigenvalue weighted by atomic mass is 10.1. The van der Waals surface area contributed by atoms with E-state index in [0.29, 0.717) is 0 Å². The van der Waals surface area contributed by atoms with Crippen LogP contribution in [0.3, 0.4) is 0 Å². The summed E-state index contributed by atoms with van der Waals surface area (Å²) in [7, 11) is 0. The number of unbranched alkanes of at least 4 members (excludes halogenated alkanes) is 11. The first kappa shape index (κ1) is 29.9. The molecule has 0 radical (unpaired) electrons. The number of hydrogen-bond acceptors (Lipinski definition) is 9. The number of aliphatic hydroxyl groups is 2. The van der Waals surface area contributed by atoms with Crippen LogP contribution in [0.5, 0.6) is 0 Å². The molecule has 4 atom stereocenters. The van der Waals surface area contributed by atoms with Gasteiger partial charge in [-0.3, -0.25) is 9.36 Å². The number of aliphatic hydroxyl groups excluding tert-OH is 2. The number of allylic oxidation sites excluding steroid dienone is 2. The van der Waals surface area contributed by atoms with Crippen LogP contribution in [0.1, 0.15) is 103 Å². The average Bonchev–Trinajstić information content (AvgIpc) is 3.13. The maximum atomic E-state index is 12.0. The van der Waals surface area contributed by atoms with Crippen molar-refractivity contribution in [1.82, 2.24) is 14.5 Å². The number of hydrogen-bond donors (Lipinski definition) is 3. The van der Waals surface area contributed by atoms with Gasteiger partial charge in [0, 0.05) is 6.42 Å². The van der Waals surface area contributed by atoms with Crippen LogP contribution < -0.4 is 11.4 Å². The van der Waals surface area contributed by atoms with Crippen molar-refractivity contribution in [3.05, 3.63) is 29.0 Å². The minimum Gasteiger partial charge on any atom is -0.463 e. The molecule has 10 nitrogen and oxygen atoms in total. The van der Waals surface area contributed by atoms with Gasteiger partial charge in [-0.1, -0.05) is 70.4 Å². The molecule has 1 aromatic heterocycles. The highest BCUT2D eigenvalue weighted by molar-refractivity contribution is 5.69. The van der Waals surface area contributed by atoms with Gasteiger partial charge in [-0.25, -0.2) is 9.78 Å². The van der Waals surface area contributed by atoms with Gasteiger partial charge in [-0.15, -0.1) is 0 Å². The number of carbonyl (C=O) groups is 1. The first-order valence-electron chi connectivity index (χ1n) is 13.5. The fourth-order valence-corrected chi connectivity index (χ4v) is 4.21. The molecule has 10 heteroatoms. The van der Waals surface area contributed by atoms with E-state index in [2.05, 4.69) is 29.0 Å². The second-order valence-electron chi connectivity index (χ2n) is 9.47. The third-order valence-corrected chi connectivity index (χ3v) is 6.41. The number of ether oxygens (including phenoxy) is 2. The minimum atomic E-state index is -1.40. The normalized spacial score (nSPS) is 21.9. The lowest BCUT2D eigenvalue weighted by Gasteiger charge is -2.16. The zero-order valence-electron chi connectivity index (χ0n) is 21.6. The molecule has 1 aliphatic rings. The smallest absolute Gasteiger partial charge is 0.354 e. The summed E-state index contributed by atoms with van der Waals surface area (Å²) in [6.45, 7) is 2.02. The Labute approximate surface area is 213 Å². The lowest BCUT2D eigenvalue weighted by molar-refractivity contribution is -0.150. The molecule has 2 heterocycles. The van der Waals surface area contributed by atoms with Crippen molar-refractivity contribution in [3.8, 4) is 0 Å². The molecule has 204 valence electrons. The van der Waals surface area contributed by atoms with E-state index in [9.17, 15) is 19.8 Å². The van der Waals surface area contributed by atoms with Gasteiger partial charge in [0.15, 0.2) is 6.23 Å². The number of anilines is 1. The molecule has 0 amide bonds. The quantitative estimate of drug-likeness (QED) is 0.154. The summed E-state index contributed by atoms with van der Waals surface area (Å²) in [5.74, 6) is -0.584. The van der Waals surface area contributed by atoms with E-state index in [1.54, 1.807) is 0 Å². The molecule has 0 spiro atoms. The Morgan fingerprint density at radius 3 is 2.28 bits per heavy atom. The van der Waals surface area contributed by atoms with Crippen LogP contribution >= 0.6 is 0 Å². The number of rotatable bonds is 18. The summed E-state index contributed by atoms with van der Waals surface area (Å²) >= 11 is 0. The number of nitrogens with two attached hydrogens (primary N) is 1. The van der Waals surface area contributed by atoms with Crippen molar-refractivity contribution in [2.75, 3.05) is 12.3 Å². The number of nitrogen functional groups attached to an aromatic ring is 1. The minimum absolute atomic E-state index is 0.203. The summed E-state index contributed by atoms with van der Waals surface area (Å²) < 4.78 is 11.7. The molecule has 36 heavy (non-hydrogen) atoms. The fraction of sp³-hybridized carbons (Fsp3) is 0.769. The molecule has 0 unspecified atom stereocenters. The van der Waals surface area contributed by atoms with Crippen LogP contribution in [0.25, 0.3) is 0 Å². The maximum absolute atomic E-state index is 12.0. The molecule has 1 fully saturated rings. The van der Waals surface area contributed by atoms with Crippen molar-refractivity contribution < 1.29 is 24.5 Å². The van der Waals surface area contributed by atoms with Crippen LogP contribution in [0.2, 0.25) is 0 Å². The Bertz CT molecular complexity index is 846. The highest BCUT2D eigenvalue weighted by atomic mass is 16.6. The first-order valence-corrected chi connectivity index (χ1v) is 13.5. The molecule has 0 bridgehead atoms. The summed E-state index contributed by atoms with van der Waals surface area (Å²) in [5, 5.41) is 20.4. The fourth-order valence-electron chi connectivity index (χ4n) is 4.21. The van der Waals surface area contributed by atoms with Gasteiger partial charge in [0.1, 0.15) is 31.2 Å². The number of aromatic nitrogens is 3. The Morgan fingerprint density at radius 2 is 1.64 bits per heavy atom. The molecule has 0 aromatic carbocycles. The van der Waals surface area contributed by atoms with Crippen LogP contribution in [0.15, 0.2) is 23.3 Å². The van der Waals surface area contributed by atoms with Gasteiger partial charge in [0.2, 0.25) is 5.95 Å². The Balaban J connectivity index is 1.50. The average molecular weight is 509 g/mol. The van der Waals surface area contributed by atoms with Gasteiger partial charge >= 0.3 is 11.7 Å².